The number of hydrogen-bond acceptors (Lipinski definition) is 1. The average Bonchev–Trinajstić information content (AvgIpc) is 2.25. The molecule has 0 saturated carbocycles. The van der Waals surface area contributed by atoms with E-state index in [0.29, 0.717) is 6.04 Å². The van der Waals surface area contributed by atoms with E-state index >= 15 is 0 Å². The lowest BCUT2D eigenvalue weighted by atomic mass is 10.2. The fourth-order valence-corrected chi connectivity index (χ4v) is 3.17. The van der Waals surface area contributed by atoms with Crippen LogP contribution < -0.4 is 5.19 Å². The Morgan fingerprint density at radius 2 is 1.59 bits per heavy atom. The molecule has 0 atom stereocenters. The molecule has 0 saturated heterocycles. The van der Waals surface area contributed by atoms with Crippen molar-refractivity contribution in [3.05, 3.63) is 29.8 Å². The van der Waals surface area contributed by atoms with Crippen molar-refractivity contribution in [2.24, 2.45) is 0 Å². The van der Waals surface area contributed by atoms with Gasteiger partial charge < -0.3 is 0 Å². The van der Waals surface area contributed by atoms with E-state index < -0.39 is 8.07 Å². The SMILES string of the molecule is CCN(Cc1ccc([Si](C)(C)C)cc1)C(C)C. The van der Waals surface area contributed by atoms with Gasteiger partial charge >= 0.3 is 0 Å². The van der Waals surface area contributed by atoms with Crippen LogP contribution in [0.25, 0.3) is 0 Å². The van der Waals surface area contributed by atoms with Crippen LogP contribution in [0.3, 0.4) is 0 Å². The number of nitrogens with zero attached hydrogens (tertiary/aromatic N) is 1. The summed E-state index contributed by atoms with van der Waals surface area (Å²) in [5.41, 5.74) is 1.43. The highest BCUT2D eigenvalue weighted by Gasteiger charge is 2.16. The van der Waals surface area contributed by atoms with Crippen molar-refractivity contribution >= 4 is 13.3 Å². The summed E-state index contributed by atoms with van der Waals surface area (Å²) in [6.07, 6.45) is 0. The highest BCUT2D eigenvalue weighted by atomic mass is 28.3. The van der Waals surface area contributed by atoms with Gasteiger partial charge in [0.25, 0.3) is 0 Å². The van der Waals surface area contributed by atoms with Crippen LogP contribution in [0.4, 0.5) is 0 Å². The Kier molecular flexibility index (Phi) is 4.96. The molecule has 0 aliphatic carbocycles. The standard InChI is InChI=1S/C15H27NSi/c1-7-16(13(2)3)12-14-8-10-15(11-9-14)17(4,5)6/h8-11,13H,7,12H2,1-6H3. The molecule has 1 nitrogen and oxygen atoms in total. The molecule has 0 spiro atoms. The molecular formula is C15H27NSi. The van der Waals surface area contributed by atoms with Crippen LogP contribution in [-0.4, -0.2) is 25.6 Å². The van der Waals surface area contributed by atoms with Crippen molar-refractivity contribution in [2.75, 3.05) is 6.54 Å². The lowest BCUT2D eigenvalue weighted by molar-refractivity contribution is 0.225. The minimum Gasteiger partial charge on any atom is -0.297 e. The van der Waals surface area contributed by atoms with Crippen molar-refractivity contribution in [3.8, 4) is 0 Å². The molecule has 0 amide bonds. The van der Waals surface area contributed by atoms with Crippen LogP contribution in [0, 0.1) is 0 Å². The first kappa shape index (κ1) is 14.5. The minimum absolute atomic E-state index is 0.622. The van der Waals surface area contributed by atoms with Gasteiger partial charge in [-0.2, -0.15) is 0 Å². The highest BCUT2D eigenvalue weighted by molar-refractivity contribution is 6.88. The normalized spacial score (nSPS) is 12.5. The minimum atomic E-state index is -1.14. The second kappa shape index (κ2) is 5.83. The third-order valence-corrected chi connectivity index (χ3v) is 5.41. The maximum absolute atomic E-state index is 2.49. The molecule has 1 aromatic rings. The van der Waals surface area contributed by atoms with E-state index in [1.807, 2.05) is 0 Å². The summed E-state index contributed by atoms with van der Waals surface area (Å²) >= 11 is 0. The van der Waals surface area contributed by atoms with E-state index in [1.54, 1.807) is 5.19 Å². The van der Waals surface area contributed by atoms with E-state index in [9.17, 15) is 0 Å². The maximum atomic E-state index is 2.49. The van der Waals surface area contributed by atoms with Gasteiger partial charge in [-0.1, -0.05) is 56.0 Å². The Balaban J connectivity index is 2.75. The van der Waals surface area contributed by atoms with Gasteiger partial charge in [-0.25, -0.2) is 0 Å². The number of rotatable bonds is 5. The second-order valence-corrected chi connectivity index (χ2v) is 11.2. The Morgan fingerprint density at radius 3 is 1.94 bits per heavy atom. The van der Waals surface area contributed by atoms with E-state index in [0.717, 1.165) is 13.1 Å². The molecule has 17 heavy (non-hydrogen) atoms. The first-order valence-corrected chi connectivity index (χ1v) is 10.2. The van der Waals surface area contributed by atoms with Crippen LogP contribution in [0.1, 0.15) is 26.3 Å². The highest BCUT2D eigenvalue weighted by Crippen LogP contribution is 2.09. The second-order valence-electron chi connectivity index (χ2n) is 6.10. The summed E-state index contributed by atoms with van der Waals surface area (Å²) in [4.78, 5) is 2.49. The Labute approximate surface area is 108 Å². The Bertz CT molecular complexity index is 335. The molecule has 0 aliphatic rings. The third kappa shape index (κ3) is 4.28. The van der Waals surface area contributed by atoms with Gasteiger partial charge in [0.1, 0.15) is 0 Å². The molecule has 0 fully saturated rings. The molecule has 0 radical (unpaired) electrons. The fraction of sp³-hybridized carbons (Fsp3) is 0.600. The summed E-state index contributed by atoms with van der Waals surface area (Å²) in [6.45, 7) is 16.1. The van der Waals surface area contributed by atoms with E-state index in [-0.39, 0.29) is 0 Å². The topological polar surface area (TPSA) is 3.24 Å². The van der Waals surface area contributed by atoms with Gasteiger partial charge in [-0.3, -0.25) is 4.90 Å². The van der Waals surface area contributed by atoms with E-state index in [4.69, 9.17) is 0 Å². The summed E-state index contributed by atoms with van der Waals surface area (Å²) in [7, 11) is -1.14. The van der Waals surface area contributed by atoms with Crippen LogP contribution in [0.5, 0.6) is 0 Å². The molecule has 0 aromatic heterocycles. The van der Waals surface area contributed by atoms with Crippen molar-refractivity contribution in [3.63, 3.8) is 0 Å². The van der Waals surface area contributed by atoms with Crippen LogP contribution in [-0.2, 0) is 6.54 Å². The van der Waals surface area contributed by atoms with Crippen LogP contribution in [0.15, 0.2) is 24.3 Å². The summed E-state index contributed by atoms with van der Waals surface area (Å²) in [6, 6.07) is 9.89. The van der Waals surface area contributed by atoms with E-state index in [1.165, 1.54) is 5.56 Å². The van der Waals surface area contributed by atoms with Crippen molar-refractivity contribution in [1.82, 2.24) is 4.90 Å². The monoisotopic (exact) mass is 249 g/mol. The number of hydrogen-bond donors (Lipinski definition) is 0. The van der Waals surface area contributed by atoms with Gasteiger partial charge in [-0.05, 0) is 26.0 Å². The fourth-order valence-electron chi connectivity index (χ4n) is 2.00. The predicted octanol–water partition coefficient (Wildman–Crippen LogP) is 3.46. The smallest absolute Gasteiger partial charge is 0.0775 e. The van der Waals surface area contributed by atoms with E-state index in [2.05, 4.69) is 69.6 Å². The summed E-state index contributed by atoms with van der Waals surface area (Å²) in [5.74, 6) is 0. The van der Waals surface area contributed by atoms with Gasteiger partial charge in [0.05, 0.1) is 8.07 Å². The third-order valence-electron chi connectivity index (χ3n) is 3.34. The quantitative estimate of drug-likeness (QED) is 0.722. The van der Waals surface area contributed by atoms with Crippen molar-refractivity contribution in [2.45, 2.75) is 53.0 Å². The van der Waals surface area contributed by atoms with Crippen molar-refractivity contribution < 1.29 is 0 Å². The first-order valence-electron chi connectivity index (χ1n) is 6.68. The maximum Gasteiger partial charge on any atom is 0.0775 e. The zero-order valence-electron chi connectivity index (χ0n) is 12.2. The van der Waals surface area contributed by atoms with Gasteiger partial charge in [0.2, 0.25) is 0 Å². The van der Waals surface area contributed by atoms with Crippen molar-refractivity contribution in [1.29, 1.82) is 0 Å². The Hall–Kier alpha value is -0.603. The first-order chi connectivity index (χ1) is 7.84. The molecule has 2 heteroatoms. The molecule has 96 valence electrons. The average molecular weight is 249 g/mol. The molecule has 0 aliphatic heterocycles. The molecule has 0 heterocycles. The molecule has 1 rings (SSSR count). The molecule has 0 unspecified atom stereocenters. The van der Waals surface area contributed by atoms with Gasteiger partial charge in [-0.15, -0.1) is 0 Å². The van der Waals surface area contributed by atoms with Crippen LogP contribution >= 0.6 is 0 Å². The largest absolute Gasteiger partial charge is 0.297 e. The van der Waals surface area contributed by atoms with Crippen LogP contribution in [0.2, 0.25) is 19.6 Å². The van der Waals surface area contributed by atoms with Gasteiger partial charge in [0.15, 0.2) is 0 Å². The lowest BCUT2D eigenvalue weighted by Gasteiger charge is -2.25. The predicted molar refractivity (Wildman–Crippen MR) is 80.6 cm³/mol. The zero-order chi connectivity index (χ0) is 13.1. The summed E-state index contributed by atoms with van der Waals surface area (Å²) in [5, 5.41) is 1.55. The number of benzene rings is 1. The molecule has 0 N–H and O–H groups in total. The molecular weight excluding hydrogens is 222 g/mol. The zero-order valence-corrected chi connectivity index (χ0v) is 13.2. The Morgan fingerprint density at radius 1 is 1.06 bits per heavy atom. The molecule has 0 bridgehead atoms. The summed E-state index contributed by atoms with van der Waals surface area (Å²) < 4.78 is 0. The lowest BCUT2D eigenvalue weighted by Crippen LogP contribution is -2.37. The molecule has 1 aromatic carbocycles. The van der Waals surface area contributed by atoms with Gasteiger partial charge in [0, 0.05) is 12.6 Å².